The van der Waals surface area contributed by atoms with E-state index in [-0.39, 0.29) is 12.4 Å². The Labute approximate surface area is 223 Å². The topological polar surface area (TPSA) is 96.3 Å². The molecule has 0 aliphatic carbocycles. The molecule has 190 valence electrons. The predicted molar refractivity (Wildman–Crippen MR) is 150 cm³/mol. The molecule has 0 aliphatic heterocycles. The molecule has 0 heterocycles. The number of aliphatic hydroxyl groups excluding tert-OH is 1. The third-order valence-electron chi connectivity index (χ3n) is 6.32. The maximum absolute atomic E-state index is 11.4. The van der Waals surface area contributed by atoms with Crippen molar-refractivity contribution in [2.24, 2.45) is 5.73 Å². The zero-order chi connectivity index (χ0) is 25.7. The van der Waals surface area contributed by atoms with Crippen LogP contribution >= 0.6 is 12.4 Å². The molecule has 0 fully saturated rings. The van der Waals surface area contributed by atoms with Gasteiger partial charge >= 0.3 is 0 Å². The summed E-state index contributed by atoms with van der Waals surface area (Å²) in [5.74, 6) is 0.518. The number of benzene rings is 4. The lowest BCUT2D eigenvalue weighted by Crippen LogP contribution is -2.39. The van der Waals surface area contributed by atoms with Crippen molar-refractivity contribution in [1.29, 1.82) is 5.26 Å². The fourth-order valence-electron chi connectivity index (χ4n) is 4.41. The molecule has 4 rings (SSSR count). The van der Waals surface area contributed by atoms with Crippen molar-refractivity contribution in [1.82, 2.24) is 0 Å². The Morgan fingerprint density at radius 3 is 2.51 bits per heavy atom. The lowest BCUT2D eigenvalue weighted by molar-refractivity contribution is 0.106. The fraction of sp³-hybridized carbons (Fsp3) is 0.226. The Hall–Kier alpha value is -3.69. The summed E-state index contributed by atoms with van der Waals surface area (Å²) in [6.45, 7) is 4.08. The van der Waals surface area contributed by atoms with Gasteiger partial charge in [-0.05, 0) is 71.8 Å². The summed E-state index contributed by atoms with van der Waals surface area (Å²) in [5.41, 5.74) is 9.95. The number of hydrogen-bond donors (Lipinski definition) is 2. The molecule has 0 spiro atoms. The van der Waals surface area contributed by atoms with Crippen LogP contribution in [0.2, 0.25) is 0 Å². The highest BCUT2D eigenvalue weighted by atomic mass is 35.5. The third-order valence-corrected chi connectivity index (χ3v) is 6.32. The van der Waals surface area contributed by atoms with E-state index in [1.165, 1.54) is 0 Å². The highest BCUT2D eigenvalue weighted by Crippen LogP contribution is 2.32. The van der Waals surface area contributed by atoms with Crippen LogP contribution in [0.1, 0.15) is 53.4 Å². The summed E-state index contributed by atoms with van der Waals surface area (Å²) >= 11 is 0. The van der Waals surface area contributed by atoms with Gasteiger partial charge in [-0.3, -0.25) is 4.79 Å². The molecule has 0 radical (unpaired) electrons. The largest absolute Gasteiger partial charge is 0.492 e. The fourth-order valence-corrected chi connectivity index (χ4v) is 4.41. The monoisotopic (exact) mass is 514 g/mol. The molecule has 0 unspecified atom stereocenters. The highest BCUT2D eigenvalue weighted by molar-refractivity contribution is 5.88. The molecule has 3 N–H and O–H groups in total. The number of ether oxygens (including phenoxy) is 1. The van der Waals surface area contributed by atoms with Gasteiger partial charge in [-0.15, -0.1) is 12.4 Å². The number of aldehydes is 1. The second kappa shape index (κ2) is 12.0. The Morgan fingerprint density at radius 1 is 1.05 bits per heavy atom. The van der Waals surface area contributed by atoms with Gasteiger partial charge in [0.1, 0.15) is 11.8 Å². The van der Waals surface area contributed by atoms with Gasteiger partial charge < -0.3 is 15.6 Å². The number of fused-ring (bicyclic) bond motifs is 1. The minimum absolute atomic E-state index is 0. The quantitative estimate of drug-likeness (QED) is 0.199. The minimum Gasteiger partial charge on any atom is -0.492 e. The summed E-state index contributed by atoms with van der Waals surface area (Å²) < 4.78 is 5.96. The van der Waals surface area contributed by atoms with E-state index in [4.69, 9.17) is 10.5 Å². The molecular weight excluding hydrogens is 484 g/mol. The van der Waals surface area contributed by atoms with Crippen LogP contribution in [0.3, 0.4) is 0 Å². The zero-order valence-electron chi connectivity index (χ0n) is 21.0. The first-order valence-electron chi connectivity index (χ1n) is 12.0. The summed E-state index contributed by atoms with van der Waals surface area (Å²) in [5, 5.41) is 22.6. The third kappa shape index (κ3) is 6.36. The minimum atomic E-state index is -0.792. The normalized spacial score (nSPS) is 11.9. The van der Waals surface area contributed by atoms with Crippen LogP contribution in [0.15, 0.2) is 78.9 Å². The molecule has 0 aliphatic rings. The van der Waals surface area contributed by atoms with Crippen molar-refractivity contribution in [2.45, 2.75) is 38.3 Å². The van der Waals surface area contributed by atoms with Crippen LogP contribution in [0.4, 0.5) is 0 Å². The maximum Gasteiger partial charge on any atom is 0.150 e. The number of hydrogen-bond acceptors (Lipinski definition) is 5. The van der Waals surface area contributed by atoms with Gasteiger partial charge in [0.05, 0.1) is 18.3 Å². The van der Waals surface area contributed by atoms with E-state index in [2.05, 4.69) is 12.1 Å². The molecule has 0 bridgehead atoms. The molecule has 6 heteroatoms. The van der Waals surface area contributed by atoms with E-state index in [0.717, 1.165) is 52.2 Å². The number of nitriles is 1. The number of aryl methyl sites for hydroxylation is 1. The molecule has 4 aromatic carbocycles. The first-order chi connectivity index (χ1) is 17.3. The van der Waals surface area contributed by atoms with Crippen molar-refractivity contribution >= 4 is 29.5 Å². The molecule has 5 nitrogen and oxygen atoms in total. The number of nitrogens with zero attached hydrogens (tertiary/aromatic N) is 1. The van der Waals surface area contributed by atoms with Crippen molar-refractivity contribution in [3.63, 3.8) is 0 Å². The van der Waals surface area contributed by atoms with E-state index in [1.54, 1.807) is 18.2 Å². The summed E-state index contributed by atoms with van der Waals surface area (Å²) in [6, 6.07) is 27.1. The molecule has 0 amide bonds. The van der Waals surface area contributed by atoms with E-state index in [9.17, 15) is 15.2 Å². The highest BCUT2D eigenvalue weighted by Gasteiger charge is 2.26. The van der Waals surface area contributed by atoms with Crippen molar-refractivity contribution in [3.8, 4) is 22.9 Å². The second-order valence-electron chi connectivity index (χ2n) is 9.61. The molecule has 1 atom stereocenters. The van der Waals surface area contributed by atoms with Crippen molar-refractivity contribution in [3.05, 3.63) is 101 Å². The average Bonchev–Trinajstić information content (AvgIpc) is 2.89. The number of carbonyl (C=O) groups is 1. The van der Waals surface area contributed by atoms with E-state index in [0.29, 0.717) is 23.5 Å². The van der Waals surface area contributed by atoms with Crippen LogP contribution in [-0.4, -0.2) is 23.5 Å². The Kier molecular flexibility index (Phi) is 9.07. The van der Waals surface area contributed by atoms with Gasteiger partial charge in [0, 0.05) is 11.1 Å². The Balaban J connectivity index is 0.00000380. The lowest BCUT2D eigenvalue weighted by atomic mass is 9.87. The number of nitrogens with two attached hydrogens (primary N) is 1. The van der Waals surface area contributed by atoms with E-state index >= 15 is 0 Å². The molecule has 0 saturated carbocycles. The predicted octanol–water partition coefficient (Wildman–Crippen LogP) is 6.40. The lowest BCUT2D eigenvalue weighted by Gasteiger charge is -2.27. The molecule has 4 aromatic rings. The SMILES string of the molecule is CC(C)(N)[C@H](O)c1cc(CCCOc2ccc(-c3ccccc3C=O)cc2C#N)cc2ccccc12.Cl. The standard InChI is InChI=1S/C31H30N2O3.ClH/c1-31(2,33)30(35)28-17-21(16-22-9-3-6-12-27(22)28)8-7-15-36-29-14-13-23(18-25(29)19-32)26-11-5-4-10-24(26)20-34;/h3-6,9-14,16-18,20,30,35H,7-8,15,33H2,1-2H3;1H/t30-;/m1./s1. The molecule has 0 aromatic heterocycles. The smallest absolute Gasteiger partial charge is 0.150 e. The molecule has 0 saturated heterocycles. The van der Waals surface area contributed by atoms with E-state index in [1.807, 2.05) is 68.4 Å². The number of rotatable bonds is 9. The maximum atomic E-state index is 11.4. The Bertz CT molecular complexity index is 1440. The first-order valence-corrected chi connectivity index (χ1v) is 12.0. The van der Waals surface area contributed by atoms with Gasteiger partial charge in [-0.2, -0.15) is 5.26 Å². The van der Waals surface area contributed by atoms with Crippen LogP contribution in [-0.2, 0) is 6.42 Å². The second-order valence-corrected chi connectivity index (χ2v) is 9.61. The summed E-state index contributed by atoms with van der Waals surface area (Å²) in [6.07, 6.45) is 1.51. The van der Waals surface area contributed by atoms with E-state index < -0.39 is 11.6 Å². The number of halogens is 1. The summed E-state index contributed by atoms with van der Waals surface area (Å²) in [4.78, 5) is 11.4. The number of carbonyl (C=O) groups excluding carboxylic acids is 1. The van der Waals surface area contributed by atoms with Crippen LogP contribution < -0.4 is 10.5 Å². The first kappa shape index (κ1) is 27.9. The van der Waals surface area contributed by atoms with Gasteiger partial charge in [0.25, 0.3) is 0 Å². The van der Waals surface area contributed by atoms with Gasteiger partial charge in [0.2, 0.25) is 0 Å². The van der Waals surface area contributed by atoms with Gasteiger partial charge in [-0.1, -0.05) is 66.7 Å². The number of aliphatic hydroxyl groups is 1. The summed E-state index contributed by atoms with van der Waals surface area (Å²) in [7, 11) is 0. The zero-order valence-corrected chi connectivity index (χ0v) is 21.8. The molecule has 37 heavy (non-hydrogen) atoms. The van der Waals surface area contributed by atoms with Gasteiger partial charge in [0.15, 0.2) is 6.29 Å². The Morgan fingerprint density at radius 2 is 1.78 bits per heavy atom. The van der Waals surface area contributed by atoms with Crippen LogP contribution in [0.25, 0.3) is 21.9 Å². The van der Waals surface area contributed by atoms with Crippen LogP contribution in [0.5, 0.6) is 5.75 Å². The van der Waals surface area contributed by atoms with Crippen molar-refractivity contribution in [2.75, 3.05) is 6.61 Å². The van der Waals surface area contributed by atoms with Crippen molar-refractivity contribution < 1.29 is 14.6 Å². The van der Waals surface area contributed by atoms with Gasteiger partial charge in [-0.25, -0.2) is 0 Å². The average molecular weight is 515 g/mol. The molecular formula is C31H31ClN2O3. The van der Waals surface area contributed by atoms with Crippen LogP contribution in [0, 0.1) is 11.3 Å².